The monoisotopic (exact) mass is 228 g/mol. The summed E-state index contributed by atoms with van der Waals surface area (Å²) >= 11 is 0. The molecule has 16 heavy (non-hydrogen) atoms. The summed E-state index contributed by atoms with van der Waals surface area (Å²) in [6, 6.07) is 0.732. The van der Waals surface area contributed by atoms with Gasteiger partial charge in [-0.2, -0.15) is 0 Å². The maximum Gasteiger partial charge on any atom is 0.0599 e. The fraction of sp³-hybridized carbons (Fsp3) is 1.00. The van der Waals surface area contributed by atoms with Crippen LogP contribution in [0, 0.1) is 0 Å². The topological polar surface area (TPSA) is 24.5 Å². The Kier molecular flexibility index (Phi) is 7.01. The lowest BCUT2D eigenvalue weighted by Crippen LogP contribution is -2.42. The van der Waals surface area contributed by atoms with E-state index in [2.05, 4.69) is 24.1 Å². The molecule has 1 unspecified atom stereocenters. The summed E-state index contributed by atoms with van der Waals surface area (Å²) < 4.78 is 5.67. The van der Waals surface area contributed by atoms with Gasteiger partial charge in [0.2, 0.25) is 0 Å². The molecule has 3 heteroatoms. The van der Waals surface area contributed by atoms with E-state index in [1.54, 1.807) is 0 Å². The van der Waals surface area contributed by atoms with Crippen LogP contribution >= 0.6 is 0 Å². The Hall–Kier alpha value is -0.120. The number of piperidine rings is 1. The van der Waals surface area contributed by atoms with E-state index in [-0.39, 0.29) is 0 Å². The summed E-state index contributed by atoms with van der Waals surface area (Å²) in [5.74, 6) is 0. The molecule has 0 aromatic rings. The molecule has 1 heterocycles. The van der Waals surface area contributed by atoms with E-state index in [4.69, 9.17) is 4.74 Å². The average Bonchev–Trinajstić information content (AvgIpc) is 2.30. The highest BCUT2D eigenvalue weighted by molar-refractivity contribution is 4.76. The van der Waals surface area contributed by atoms with Gasteiger partial charge in [0.1, 0.15) is 0 Å². The highest BCUT2D eigenvalue weighted by atomic mass is 16.5. The maximum atomic E-state index is 5.67. The fourth-order valence-electron chi connectivity index (χ4n) is 2.48. The van der Waals surface area contributed by atoms with Gasteiger partial charge in [-0.15, -0.1) is 0 Å². The van der Waals surface area contributed by atoms with Gasteiger partial charge in [-0.1, -0.05) is 0 Å². The van der Waals surface area contributed by atoms with Crippen LogP contribution < -0.4 is 5.32 Å². The van der Waals surface area contributed by atoms with Gasteiger partial charge >= 0.3 is 0 Å². The molecule has 1 fully saturated rings. The number of rotatable bonds is 7. The highest BCUT2D eigenvalue weighted by Gasteiger charge is 2.22. The normalized spacial score (nSPS) is 21.2. The van der Waals surface area contributed by atoms with Crippen molar-refractivity contribution in [3.8, 4) is 0 Å². The molecule has 0 saturated carbocycles. The Morgan fingerprint density at radius 2 is 2.06 bits per heavy atom. The van der Waals surface area contributed by atoms with Crippen molar-refractivity contribution in [2.75, 3.05) is 33.3 Å². The van der Waals surface area contributed by atoms with Gasteiger partial charge in [-0.3, -0.25) is 0 Å². The van der Waals surface area contributed by atoms with Crippen LogP contribution in [0.25, 0.3) is 0 Å². The molecule has 0 amide bonds. The van der Waals surface area contributed by atoms with Gasteiger partial charge in [0.25, 0.3) is 0 Å². The van der Waals surface area contributed by atoms with Crippen molar-refractivity contribution >= 4 is 0 Å². The van der Waals surface area contributed by atoms with Crippen molar-refractivity contribution in [3.05, 3.63) is 0 Å². The fourth-order valence-corrected chi connectivity index (χ4v) is 2.48. The van der Waals surface area contributed by atoms with Crippen LogP contribution in [0.4, 0.5) is 0 Å². The standard InChI is InChI=1S/C13H28N2O/c1-4-16-13-7-10-15(11-8-13)12(2)6-5-9-14-3/h12-14H,4-11H2,1-3H3. The first kappa shape index (κ1) is 13.9. The number of hydrogen-bond donors (Lipinski definition) is 1. The average molecular weight is 228 g/mol. The molecule has 1 saturated heterocycles. The third-order valence-electron chi connectivity index (χ3n) is 3.55. The Labute approximate surface area is 101 Å². The van der Waals surface area contributed by atoms with Crippen molar-refractivity contribution < 1.29 is 4.74 Å². The van der Waals surface area contributed by atoms with Crippen LogP contribution in [-0.4, -0.2) is 50.3 Å². The molecule has 0 bridgehead atoms. The lowest BCUT2D eigenvalue weighted by atomic mass is 10.0. The zero-order valence-electron chi connectivity index (χ0n) is 11.2. The van der Waals surface area contributed by atoms with Crippen LogP contribution in [0.5, 0.6) is 0 Å². The zero-order valence-corrected chi connectivity index (χ0v) is 11.2. The lowest BCUT2D eigenvalue weighted by molar-refractivity contribution is 0.00486. The highest BCUT2D eigenvalue weighted by Crippen LogP contribution is 2.17. The molecule has 0 aliphatic carbocycles. The molecule has 0 aromatic carbocycles. The summed E-state index contributed by atoms with van der Waals surface area (Å²) in [4.78, 5) is 2.62. The summed E-state index contributed by atoms with van der Waals surface area (Å²) in [5, 5.41) is 3.21. The first-order chi connectivity index (χ1) is 7.77. The van der Waals surface area contributed by atoms with Crippen LogP contribution in [0.2, 0.25) is 0 Å². The molecule has 96 valence electrons. The van der Waals surface area contributed by atoms with Crippen LogP contribution in [0.15, 0.2) is 0 Å². The molecule has 1 N–H and O–H groups in total. The second-order valence-electron chi connectivity index (χ2n) is 4.79. The Morgan fingerprint density at radius 3 is 2.62 bits per heavy atom. The van der Waals surface area contributed by atoms with Crippen molar-refractivity contribution in [1.29, 1.82) is 0 Å². The quantitative estimate of drug-likeness (QED) is 0.673. The predicted molar refractivity (Wildman–Crippen MR) is 68.8 cm³/mol. The lowest BCUT2D eigenvalue weighted by Gasteiger charge is -2.35. The Balaban J connectivity index is 2.14. The van der Waals surface area contributed by atoms with Crippen molar-refractivity contribution in [2.45, 2.75) is 51.7 Å². The first-order valence-electron chi connectivity index (χ1n) is 6.78. The summed E-state index contributed by atoms with van der Waals surface area (Å²) in [5.41, 5.74) is 0. The number of hydrogen-bond acceptors (Lipinski definition) is 3. The number of nitrogens with zero attached hydrogens (tertiary/aromatic N) is 1. The summed E-state index contributed by atoms with van der Waals surface area (Å²) in [7, 11) is 2.03. The van der Waals surface area contributed by atoms with Crippen molar-refractivity contribution in [3.63, 3.8) is 0 Å². The summed E-state index contributed by atoms with van der Waals surface area (Å²) in [6.07, 6.45) is 5.53. The van der Waals surface area contributed by atoms with E-state index in [0.717, 1.165) is 19.2 Å². The SMILES string of the molecule is CCOC1CCN(C(C)CCCNC)CC1. The first-order valence-corrected chi connectivity index (χ1v) is 6.78. The second kappa shape index (κ2) is 8.04. The molecule has 3 nitrogen and oxygen atoms in total. The zero-order chi connectivity index (χ0) is 11.8. The molecular weight excluding hydrogens is 200 g/mol. The number of ether oxygens (including phenoxy) is 1. The third-order valence-corrected chi connectivity index (χ3v) is 3.55. The number of nitrogens with one attached hydrogen (secondary N) is 1. The van der Waals surface area contributed by atoms with Gasteiger partial charge in [0.15, 0.2) is 0 Å². The second-order valence-corrected chi connectivity index (χ2v) is 4.79. The molecular formula is C13H28N2O. The van der Waals surface area contributed by atoms with Crippen LogP contribution in [-0.2, 0) is 4.74 Å². The minimum atomic E-state index is 0.519. The maximum absolute atomic E-state index is 5.67. The van der Waals surface area contributed by atoms with E-state index in [9.17, 15) is 0 Å². The molecule has 1 aliphatic rings. The molecule has 1 aliphatic heterocycles. The Morgan fingerprint density at radius 1 is 1.38 bits per heavy atom. The van der Waals surface area contributed by atoms with Gasteiger partial charge in [0, 0.05) is 25.7 Å². The molecule has 0 aromatic heterocycles. The molecule has 1 atom stereocenters. The molecule has 0 radical (unpaired) electrons. The molecule has 1 rings (SSSR count). The van der Waals surface area contributed by atoms with E-state index >= 15 is 0 Å². The third kappa shape index (κ3) is 4.81. The van der Waals surface area contributed by atoms with Crippen molar-refractivity contribution in [1.82, 2.24) is 10.2 Å². The Bertz CT molecular complexity index is 167. The molecule has 0 spiro atoms. The minimum absolute atomic E-state index is 0.519. The van der Waals surface area contributed by atoms with Crippen LogP contribution in [0.1, 0.15) is 39.5 Å². The summed E-state index contributed by atoms with van der Waals surface area (Å²) in [6.45, 7) is 8.88. The number of likely N-dealkylation sites (tertiary alicyclic amines) is 1. The van der Waals surface area contributed by atoms with Crippen LogP contribution in [0.3, 0.4) is 0 Å². The van der Waals surface area contributed by atoms with Gasteiger partial charge in [-0.25, -0.2) is 0 Å². The van der Waals surface area contributed by atoms with Gasteiger partial charge in [-0.05, 0) is 53.1 Å². The minimum Gasteiger partial charge on any atom is -0.378 e. The van der Waals surface area contributed by atoms with E-state index in [0.29, 0.717) is 6.10 Å². The van der Waals surface area contributed by atoms with Crippen molar-refractivity contribution in [2.24, 2.45) is 0 Å². The van der Waals surface area contributed by atoms with E-state index in [1.165, 1.54) is 38.8 Å². The largest absolute Gasteiger partial charge is 0.378 e. The predicted octanol–water partition coefficient (Wildman–Crippen LogP) is 1.88. The van der Waals surface area contributed by atoms with E-state index < -0.39 is 0 Å². The van der Waals surface area contributed by atoms with Gasteiger partial charge < -0.3 is 15.0 Å². The van der Waals surface area contributed by atoms with Gasteiger partial charge in [0.05, 0.1) is 6.10 Å². The van der Waals surface area contributed by atoms with E-state index in [1.807, 2.05) is 7.05 Å². The smallest absolute Gasteiger partial charge is 0.0599 e.